The van der Waals surface area contributed by atoms with Gasteiger partial charge in [-0.1, -0.05) is 48.5 Å². The Balaban J connectivity index is 1.69. The van der Waals surface area contributed by atoms with E-state index in [1.807, 2.05) is 54.6 Å². The first kappa shape index (κ1) is 15.5. The number of aryl methyl sites for hydroxylation is 1. The Morgan fingerprint density at radius 1 is 1.09 bits per heavy atom. The fraction of sp³-hybridized carbons (Fsp3) is 0.158. The maximum Gasteiger partial charge on any atom is 0.306 e. The number of carbonyl (C=O) groups excluding carboxylic acids is 1. The third-order valence-electron chi connectivity index (χ3n) is 3.15. The average molecular weight is 291 g/mol. The Labute approximate surface area is 130 Å². The predicted molar refractivity (Wildman–Crippen MR) is 85.9 cm³/mol. The Morgan fingerprint density at radius 2 is 1.82 bits per heavy atom. The molecule has 0 unspecified atom stereocenters. The molecule has 0 aromatic heterocycles. The molecule has 0 atom stereocenters. The summed E-state index contributed by atoms with van der Waals surface area (Å²) in [5, 5.41) is 8.72. The van der Waals surface area contributed by atoms with Crippen LogP contribution in [0.1, 0.15) is 23.1 Å². The van der Waals surface area contributed by atoms with Crippen LogP contribution in [-0.4, -0.2) is 12.6 Å². The molecule has 0 fully saturated rings. The highest BCUT2D eigenvalue weighted by Gasteiger charge is 2.02. The number of hydrogen-bond donors (Lipinski definition) is 0. The molecule has 110 valence electrons. The maximum absolute atomic E-state index is 11.6. The fourth-order valence-electron chi connectivity index (χ4n) is 1.95. The van der Waals surface area contributed by atoms with E-state index in [1.165, 1.54) is 0 Å². The molecule has 0 saturated carbocycles. The number of nitrogens with zero attached hydrogens (tertiary/aromatic N) is 1. The van der Waals surface area contributed by atoms with E-state index in [0.29, 0.717) is 18.4 Å². The van der Waals surface area contributed by atoms with Crippen LogP contribution in [0.2, 0.25) is 0 Å². The second kappa shape index (κ2) is 8.43. The molecule has 2 aromatic rings. The first-order chi connectivity index (χ1) is 10.8. The Bertz CT molecular complexity index is 667. The van der Waals surface area contributed by atoms with Crippen LogP contribution in [0.4, 0.5) is 0 Å². The van der Waals surface area contributed by atoms with Crippen molar-refractivity contribution in [2.45, 2.75) is 12.8 Å². The third-order valence-corrected chi connectivity index (χ3v) is 3.15. The minimum atomic E-state index is -0.220. The average Bonchev–Trinajstić information content (AvgIpc) is 2.58. The number of ether oxygens (including phenoxy) is 1. The number of nitriles is 1. The molecule has 0 N–H and O–H groups in total. The lowest BCUT2D eigenvalue weighted by Gasteiger charge is -2.02. The van der Waals surface area contributed by atoms with E-state index in [4.69, 9.17) is 10.00 Å². The molecule has 3 nitrogen and oxygen atoms in total. The van der Waals surface area contributed by atoms with Gasteiger partial charge in [-0.05, 0) is 35.8 Å². The van der Waals surface area contributed by atoms with Gasteiger partial charge in [0.05, 0.1) is 11.6 Å². The van der Waals surface area contributed by atoms with Gasteiger partial charge in [-0.15, -0.1) is 0 Å². The monoisotopic (exact) mass is 291 g/mol. The number of carbonyl (C=O) groups is 1. The number of hydrogen-bond acceptors (Lipinski definition) is 3. The van der Waals surface area contributed by atoms with Crippen LogP contribution in [0.5, 0.6) is 0 Å². The highest BCUT2D eigenvalue weighted by molar-refractivity contribution is 5.70. The molecule has 2 rings (SSSR count). The van der Waals surface area contributed by atoms with Crippen molar-refractivity contribution >= 4 is 12.0 Å². The molecule has 0 aliphatic rings. The summed E-state index contributed by atoms with van der Waals surface area (Å²) in [7, 11) is 0. The van der Waals surface area contributed by atoms with E-state index in [0.717, 1.165) is 11.1 Å². The minimum absolute atomic E-state index is 0.220. The van der Waals surface area contributed by atoms with Gasteiger partial charge in [-0.25, -0.2) is 0 Å². The second-order valence-corrected chi connectivity index (χ2v) is 4.80. The van der Waals surface area contributed by atoms with Crippen LogP contribution in [0.15, 0.2) is 60.7 Å². The van der Waals surface area contributed by atoms with Gasteiger partial charge in [0.2, 0.25) is 0 Å². The van der Waals surface area contributed by atoms with Crippen molar-refractivity contribution in [3.63, 3.8) is 0 Å². The van der Waals surface area contributed by atoms with Crippen molar-refractivity contribution < 1.29 is 9.53 Å². The van der Waals surface area contributed by atoms with E-state index in [9.17, 15) is 4.79 Å². The summed E-state index contributed by atoms with van der Waals surface area (Å²) in [6, 6.07) is 19.2. The lowest BCUT2D eigenvalue weighted by atomic mass is 10.1. The van der Waals surface area contributed by atoms with Crippen molar-refractivity contribution in [2.24, 2.45) is 0 Å². The molecule has 0 aliphatic heterocycles. The second-order valence-electron chi connectivity index (χ2n) is 4.80. The summed E-state index contributed by atoms with van der Waals surface area (Å²) in [5.41, 5.74) is 2.73. The van der Waals surface area contributed by atoms with Gasteiger partial charge in [-0.2, -0.15) is 5.26 Å². The SMILES string of the molecule is N#Cc1ccc(CCC(=O)OC/C=C/c2ccccc2)cc1. The summed E-state index contributed by atoms with van der Waals surface area (Å²) in [4.78, 5) is 11.6. The lowest BCUT2D eigenvalue weighted by molar-refractivity contribution is -0.142. The molecule has 3 heteroatoms. The number of benzene rings is 2. The van der Waals surface area contributed by atoms with Crippen molar-refractivity contribution in [3.8, 4) is 6.07 Å². The van der Waals surface area contributed by atoms with Crippen LogP contribution in [0, 0.1) is 11.3 Å². The van der Waals surface area contributed by atoms with Gasteiger partial charge in [0.25, 0.3) is 0 Å². The van der Waals surface area contributed by atoms with Crippen molar-refractivity contribution in [1.82, 2.24) is 0 Å². The Hall–Kier alpha value is -2.86. The molecule has 0 aliphatic carbocycles. The first-order valence-electron chi connectivity index (χ1n) is 7.14. The molecular formula is C19H17NO2. The molecule has 0 spiro atoms. The zero-order valence-electron chi connectivity index (χ0n) is 12.2. The molecule has 0 radical (unpaired) electrons. The van der Waals surface area contributed by atoms with Crippen molar-refractivity contribution in [3.05, 3.63) is 77.4 Å². The first-order valence-corrected chi connectivity index (χ1v) is 7.14. The van der Waals surface area contributed by atoms with Gasteiger partial charge in [-0.3, -0.25) is 4.79 Å². The molecule has 0 bridgehead atoms. The Kier molecular flexibility index (Phi) is 5.95. The van der Waals surface area contributed by atoms with E-state index in [2.05, 4.69) is 6.07 Å². The van der Waals surface area contributed by atoms with Crippen LogP contribution in [0.3, 0.4) is 0 Å². The highest BCUT2D eigenvalue weighted by atomic mass is 16.5. The summed E-state index contributed by atoms with van der Waals surface area (Å²) >= 11 is 0. The van der Waals surface area contributed by atoms with Crippen LogP contribution in [-0.2, 0) is 16.0 Å². The highest BCUT2D eigenvalue weighted by Crippen LogP contribution is 2.07. The van der Waals surface area contributed by atoms with Gasteiger partial charge >= 0.3 is 5.97 Å². The summed E-state index contributed by atoms with van der Waals surface area (Å²) < 4.78 is 5.15. The molecule has 2 aromatic carbocycles. The number of esters is 1. The largest absolute Gasteiger partial charge is 0.461 e. The van der Waals surface area contributed by atoms with Gasteiger partial charge < -0.3 is 4.74 Å². The molecule has 0 amide bonds. The van der Waals surface area contributed by atoms with E-state index >= 15 is 0 Å². The van der Waals surface area contributed by atoms with E-state index < -0.39 is 0 Å². The third kappa shape index (κ3) is 5.26. The molecule has 0 saturated heterocycles. The zero-order chi connectivity index (χ0) is 15.6. The van der Waals surface area contributed by atoms with Gasteiger partial charge in [0, 0.05) is 6.42 Å². The van der Waals surface area contributed by atoms with Crippen LogP contribution < -0.4 is 0 Å². The molecule has 22 heavy (non-hydrogen) atoms. The normalized spacial score (nSPS) is 10.3. The molecular weight excluding hydrogens is 274 g/mol. The standard InChI is InChI=1S/C19H17NO2/c20-15-18-10-8-17(9-11-18)12-13-19(21)22-14-4-7-16-5-2-1-3-6-16/h1-11H,12-14H2/b7-4+. The Morgan fingerprint density at radius 3 is 2.50 bits per heavy atom. The topological polar surface area (TPSA) is 50.1 Å². The quantitative estimate of drug-likeness (QED) is 0.762. The van der Waals surface area contributed by atoms with Gasteiger partial charge in [0.1, 0.15) is 6.61 Å². The van der Waals surface area contributed by atoms with E-state index in [-0.39, 0.29) is 12.6 Å². The fourth-order valence-corrected chi connectivity index (χ4v) is 1.95. The van der Waals surface area contributed by atoms with Crippen LogP contribution in [0.25, 0.3) is 6.08 Å². The zero-order valence-corrected chi connectivity index (χ0v) is 12.2. The minimum Gasteiger partial charge on any atom is -0.461 e. The van der Waals surface area contributed by atoms with Crippen molar-refractivity contribution in [1.29, 1.82) is 5.26 Å². The lowest BCUT2D eigenvalue weighted by Crippen LogP contribution is -2.05. The smallest absolute Gasteiger partial charge is 0.306 e. The summed E-state index contributed by atoms with van der Waals surface area (Å²) in [6.07, 6.45) is 4.71. The maximum atomic E-state index is 11.6. The summed E-state index contributed by atoms with van der Waals surface area (Å²) in [6.45, 7) is 0.279. The van der Waals surface area contributed by atoms with Crippen LogP contribution >= 0.6 is 0 Å². The van der Waals surface area contributed by atoms with Gasteiger partial charge in [0.15, 0.2) is 0 Å². The van der Waals surface area contributed by atoms with Crippen molar-refractivity contribution in [2.75, 3.05) is 6.61 Å². The molecule has 0 heterocycles. The van der Waals surface area contributed by atoms with E-state index in [1.54, 1.807) is 12.1 Å². The summed E-state index contributed by atoms with van der Waals surface area (Å²) in [5.74, 6) is -0.220. The number of rotatable bonds is 6. The predicted octanol–water partition coefficient (Wildman–Crippen LogP) is 3.75.